The van der Waals surface area contributed by atoms with Gasteiger partial charge in [-0.05, 0) is 54.7 Å². The molecule has 0 radical (unpaired) electrons. The molecule has 1 aromatic heterocycles. The van der Waals surface area contributed by atoms with Crippen molar-refractivity contribution in [2.24, 2.45) is 5.14 Å². The highest BCUT2D eigenvalue weighted by atomic mass is 32.2. The summed E-state index contributed by atoms with van der Waals surface area (Å²) in [5.74, 6) is 0. The summed E-state index contributed by atoms with van der Waals surface area (Å²) in [6.07, 6.45) is 2.49. The molecule has 4 rings (SSSR count). The first-order chi connectivity index (χ1) is 16.3. The summed E-state index contributed by atoms with van der Waals surface area (Å²) in [6.45, 7) is 2.60. The van der Waals surface area contributed by atoms with Crippen LogP contribution >= 0.6 is 11.8 Å². The number of nitrogens with zero attached hydrogens (tertiary/aromatic N) is 2. The van der Waals surface area contributed by atoms with Crippen molar-refractivity contribution in [3.8, 4) is 0 Å². The molecule has 0 aliphatic rings. The molecule has 0 spiro atoms. The van der Waals surface area contributed by atoms with E-state index in [2.05, 4.69) is 19.1 Å². The van der Waals surface area contributed by atoms with Gasteiger partial charge in [0, 0.05) is 11.8 Å². The molecule has 4 aromatic rings. The molecule has 3 aromatic carbocycles. The van der Waals surface area contributed by atoms with Gasteiger partial charge >= 0.3 is 0 Å². The number of sulfonamides is 1. The van der Waals surface area contributed by atoms with Crippen LogP contribution in [0.1, 0.15) is 24.5 Å². The molecule has 0 aliphatic heterocycles. The third-order valence-electron chi connectivity index (χ3n) is 5.69. The van der Waals surface area contributed by atoms with Crippen LogP contribution in [0.15, 0.2) is 93.7 Å². The topological polar surface area (TPSA) is 95.0 Å². The number of aromatic nitrogens is 2. The maximum absolute atomic E-state index is 13.3. The summed E-state index contributed by atoms with van der Waals surface area (Å²) < 4.78 is 24.7. The Morgan fingerprint density at radius 3 is 2.26 bits per heavy atom. The molecule has 0 fully saturated rings. The van der Waals surface area contributed by atoms with E-state index in [-0.39, 0.29) is 15.7 Å². The largest absolute Gasteiger partial charge is 0.287 e. The smallest absolute Gasteiger partial charge is 0.262 e. The van der Waals surface area contributed by atoms with Gasteiger partial charge in [-0.15, -0.1) is 0 Å². The second-order valence-corrected chi connectivity index (χ2v) is 11.2. The van der Waals surface area contributed by atoms with Crippen LogP contribution in [0.25, 0.3) is 10.9 Å². The first kappa shape index (κ1) is 24.2. The van der Waals surface area contributed by atoms with Crippen LogP contribution in [-0.2, 0) is 29.4 Å². The van der Waals surface area contributed by atoms with Gasteiger partial charge in [-0.25, -0.2) is 18.5 Å². The van der Waals surface area contributed by atoms with Gasteiger partial charge < -0.3 is 0 Å². The maximum Gasteiger partial charge on any atom is 0.262 e. The molecule has 34 heavy (non-hydrogen) atoms. The molecule has 1 unspecified atom stereocenters. The number of hydrogen-bond donors (Lipinski definition) is 1. The van der Waals surface area contributed by atoms with Crippen molar-refractivity contribution in [3.05, 3.63) is 100 Å². The second kappa shape index (κ2) is 10.5. The number of rotatable bonds is 9. The lowest BCUT2D eigenvalue weighted by Gasteiger charge is -2.16. The lowest BCUT2D eigenvalue weighted by molar-refractivity contribution is 0.592. The van der Waals surface area contributed by atoms with Gasteiger partial charge in [0.05, 0.1) is 15.8 Å². The molecule has 0 bridgehead atoms. The van der Waals surface area contributed by atoms with E-state index in [9.17, 15) is 13.2 Å². The van der Waals surface area contributed by atoms with E-state index in [0.29, 0.717) is 29.0 Å². The van der Waals surface area contributed by atoms with E-state index in [1.165, 1.54) is 17.7 Å². The highest BCUT2D eigenvalue weighted by Gasteiger charge is 2.15. The van der Waals surface area contributed by atoms with Crippen LogP contribution in [0.3, 0.4) is 0 Å². The predicted molar refractivity (Wildman–Crippen MR) is 138 cm³/mol. The number of nitrogens with two attached hydrogens (primary N) is 1. The van der Waals surface area contributed by atoms with Crippen LogP contribution in [0.2, 0.25) is 0 Å². The first-order valence-electron chi connectivity index (χ1n) is 11.1. The Labute approximate surface area is 203 Å². The Kier molecular flexibility index (Phi) is 7.50. The van der Waals surface area contributed by atoms with Gasteiger partial charge in [-0.1, -0.05) is 73.3 Å². The van der Waals surface area contributed by atoms with Crippen molar-refractivity contribution < 1.29 is 8.42 Å². The zero-order valence-corrected chi connectivity index (χ0v) is 20.6. The SMILES string of the molecule is CC(CCc1ccccc1)Sc1nc2ccccc2c(=O)n1CCc1ccc(S(N)(=O)=O)cc1. The van der Waals surface area contributed by atoms with Crippen LogP contribution in [0.5, 0.6) is 0 Å². The molecule has 8 heteroatoms. The van der Waals surface area contributed by atoms with Crippen LogP contribution in [-0.4, -0.2) is 23.2 Å². The van der Waals surface area contributed by atoms with E-state index in [4.69, 9.17) is 10.1 Å². The number of benzene rings is 3. The quantitative estimate of drug-likeness (QED) is 0.275. The zero-order valence-electron chi connectivity index (χ0n) is 18.9. The minimum Gasteiger partial charge on any atom is -0.287 e. The van der Waals surface area contributed by atoms with Crippen LogP contribution in [0, 0.1) is 0 Å². The van der Waals surface area contributed by atoms with E-state index in [1.807, 2.05) is 36.4 Å². The average molecular weight is 494 g/mol. The summed E-state index contributed by atoms with van der Waals surface area (Å²) >= 11 is 1.62. The zero-order chi connectivity index (χ0) is 24.1. The van der Waals surface area contributed by atoms with Crippen molar-refractivity contribution >= 4 is 32.7 Å². The standard InChI is InChI=1S/C26H27N3O3S2/c1-19(11-12-20-7-3-2-4-8-20)33-26-28-24-10-6-5-9-23(24)25(30)29(26)18-17-21-13-15-22(16-14-21)34(27,31)32/h2-10,13-16,19H,11-12,17-18H2,1H3,(H2,27,31,32). The minimum absolute atomic E-state index is 0.0653. The Hall–Kier alpha value is -2.94. The van der Waals surface area contributed by atoms with Gasteiger partial charge in [0.1, 0.15) is 0 Å². The van der Waals surface area contributed by atoms with Gasteiger partial charge in [0.25, 0.3) is 5.56 Å². The highest BCUT2D eigenvalue weighted by Crippen LogP contribution is 2.26. The van der Waals surface area contributed by atoms with Crippen molar-refractivity contribution in [3.63, 3.8) is 0 Å². The summed E-state index contributed by atoms with van der Waals surface area (Å²) in [5, 5.41) is 6.75. The molecule has 176 valence electrons. The Morgan fingerprint density at radius 1 is 0.912 bits per heavy atom. The summed E-state index contributed by atoms with van der Waals surface area (Å²) in [7, 11) is -3.73. The van der Waals surface area contributed by atoms with Crippen molar-refractivity contribution in [2.45, 2.75) is 48.0 Å². The number of para-hydroxylation sites is 1. The Balaban J connectivity index is 1.56. The van der Waals surface area contributed by atoms with Crippen LogP contribution in [0.4, 0.5) is 0 Å². The second-order valence-electron chi connectivity index (χ2n) is 8.26. The molecular formula is C26H27N3O3S2. The van der Waals surface area contributed by atoms with Gasteiger partial charge in [0.2, 0.25) is 10.0 Å². The molecule has 2 N–H and O–H groups in total. The normalized spacial score (nSPS) is 12.6. The average Bonchev–Trinajstić information content (AvgIpc) is 2.83. The van der Waals surface area contributed by atoms with Crippen molar-refractivity contribution in [1.29, 1.82) is 0 Å². The number of aryl methyl sites for hydroxylation is 2. The number of fused-ring (bicyclic) bond motifs is 1. The third-order valence-corrected chi connectivity index (χ3v) is 7.78. The summed E-state index contributed by atoms with van der Waals surface area (Å²) in [5.41, 5.74) is 2.84. The number of hydrogen-bond acceptors (Lipinski definition) is 5. The first-order valence-corrected chi connectivity index (χ1v) is 13.6. The van der Waals surface area contributed by atoms with Crippen molar-refractivity contribution in [2.75, 3.05) is 0 Å². The van der Waals surface area contributed by atoms with E-state index in [1.54, 1.807) is 34.5 Å². The highest BCUT2D eigenvalue weighted by molar-refractivity contribution is 7.99. The number of thioether (sulfide) groups is 1. The van der Waals surface area contributed by atoms with Crippen LogP contribution < -0.4 is 10.7 Å². The van der Waals surface area contributed by atoms with E-state index >= 15 is 0 Å². The molecule has 1 atom stereocenters. The lowest BCUT2D eigenvalue weighted by atomic mass is 10.1. The van der Waals surface area contributed by atoms with Gasteiger partial charge in [0.15, 0.2) is 5.16 Å². The fraction of sp³-hybridized carbons (Fsp3) is 0.231. The molecule has 6 nitrogen and oxygen atoms in total. The number of primary sulfonamides is 1. The van der Waals surface area contributed by atoms with Crippen molar-refractivity contribution in [1.82, 2.24) is 9.55 Å². The third kappa shape index (κ3) is 5.94. The van der Waals surface area contributed by atoms with Gasteiger partial charge in [-0.2, -0.15) is 0 Å². The molecule has 0 saturated heterocycles. The Morgan fingerprint density at radius 2 is 1.56 bits per heavy atom. The summed E-state index contributed by atoms with van der Waals surface area (Å²) in [4.78, 5) is 18.2. The molecule has 0 amide bonds. The molecule has 0 saturated carbocycles. The molecule has 1 heterocycles. The molecular weight excluding hydrogens is 466 g/mol. The minimum atomic E-state index is -3.73. The van der Waals surface area contributed by atoms with E-state index < -0.39 is 10.0 Å². The fourth-order valence-electron chi connectivity index (χ4n) is 3.77. The lowest BCUT2D eigenvalue weighted by Crippen LogP contribution is -2.25. The summed E-state index contributed by atoms with van der Waals surface area (Å²) in [6, 6.07) is 24.2. The monoisotopic (exact) mass is 493 g/mol. The van der Waals surface area contributed by atoms with Gasteiger partial charge in [-0.3, -0.25) is 9.36 Å². The predicted octanol–water partition coefficient (Wildman–Crippen LogP) is 4.40. The maximum atomic E-state index is 13.3. The van der Waals surface area contributed by atoms with E-state index in [0.717, 1.165) is 18.4 Å². The molecule has 0 aliphatic carbocycles. The Bertz CT molecular complexity index is 1430. The fourth-order valence-corrected chi connectivity index (χ4v) is 5.34.